The molecule has 0 atom stereocenters. The van der Waals surface area contributed by atoms with Gasteiger partial charge in [-0.15, -0.1) is 11.3 Å². The minimum atomic E-state index is 0.746. The van der Waals surface area contributed by atoms with Gasteiger partial charge in [-0.2, -0.15) is 5.10 Å². The highest BCUT2D eigenvalue weighted by Gasteiger charge is 2.04. The van der Waals surface area contributed by atoms with E-state index in [4.69, 9.17) is 4.74 Å². The van der Waals surface area contributed by atoms with Crippen LogP contribution < -0.4 is 10.2 Å². The van der Waals surface area contributed by atoms with Crippen molar-refractivity contribution in [3.63, 3.8) is 0 Å². The van der Waals surface area contributed by atoms with Gasteiger partial charge in [-0.25, -0.2) is 4.98 Å². The molecule has 0 aliphatic carbocycles. The van der Waals surface area contributed by atoms with Crippen molar-refractivity contribution in [1.82, 2.24) is 9.97 Å². The quantitative estimate of drug-likeness (QED) is 0.577. The molecule has 0 radical (unpaired) electrons. The molecule has 0 aliphatic rings. The summed E-state index contributed by atoms with van der Waals surface area (Å²) in [5.74, 6) is 0.833. The van der Waals surface area contributed by atoms with Crippen LogP contribution in [0.4, 0.5) is 5.13 Å². The molecule has 2 heterocycles. The van der Waals surface area contributed by atoms with Crippen LogP contribution in [-0.2, 0) is 0 Å². The number of nitrogens with zero attached hydrogens (tertiary/aromatic N) is 3. The third-order valence-electron chi connectivity index (χ3n) is 2.97. The van der Waals surface area contributed by atoms with E-state index in [0.29, 0.717) is 0 Å². The van der Waals surface area contributed by atoms with Crippen molar-refractivity contribution in [3.8, 4) is 17.0 Å². The topological polar surface area (TPSA) is 59.4 Å². The van der Waals surface area contributed by atoms with Crippen LogP contribution >= 0.6 is 11.3 Å². The molecule has 0 fully saturated rings. The van der Waals surface area contributed by atoms with Gasteiger partial charge in [-0.1, -0.05) is 0 Å². The molecule has 0 aliphatic heterocycles. The molecule has 110 valence electrons. The van der Waals surface area contributed by atoms with E-state index >= 15 is 0 Å². The Bertz CT molecular complexity index is 753. The van der Waals surface area contributed by atoms with E-state index < -0.39 is 0 Å². The minimum absolute atomic E-state index is 0.746. The Morgan fingerprint density at radius 2 is 1.91 bits per heavy atom. The van der Waals surface area contributed by atoms with Crippen molar-refractivity contribution >= 4 is 22.7 Å². The van der Waals surface area contributed by atoms with Gasteiger partial charge in [-0.3, -0.25) is 10.4 Å². The second kappa shape index (κ2) is 6.82. The number of hydrogen-bond acceptors (Lipinski definition) is 6. The van der Waals surface area contributed by atoms with Crippen molar-refractivity contribution < 1.29 is 4.74 Å². The molecule has 3 aromatic rings. The number of aromatic nitrogens is 2. The molecule has 3 rings (SSSR count). The number of thiazole rings is 1. The highest BCUT2D eigenvalue weighted by atomic mass is 32.1. The van der Waals surface area contributed by atoms with Crippen LogP contribution in [0, 0.1) is 0 Å². The van der Waals surface area contributed by atoms with E-state index in [-0.39, 0.29) is 0 Å². The zero-order valence-corrected chi connectivity index (χ0v) is 12.7. The Hall–Kier alpha value is -2.73. The summed E-state index contributed by atoms with van der Waals surface area (Å²) in [5, 5.41) is 6.91. The average Bonchev–Trinajstić information content (AvgIpc) is 3.05. The van der Waals surface area contributed by atoms with Crippen LogP contribution in [0.3, 0.4) is 0 Å². The molecule has 2 aromatic heterocycles. The standard InChI is InChI=1S/C16H14N4OS/c1-21-14-4-2-13(3-5-14)15-11-22-16(19-15)20-18-10-12-6-8-17-9-7-12/h2-11H,1H3,(H,19,20)/b18-10-. The number of anilines is 1. The van der Waals surface area contributed by atoms with Crippen LogP contribution in [0.25, 0.3) is 11.3 Å². The number of pyridine rings is 1. The van der Waals surface area contributed by atoms with E-state index in [9.17, 15) is 0 Å². The summed E-state index contributed by atoms with van der Waals surface area (Å²) in [4.78, 5) is 8.47. The number of rotatable bonds is 5. The van der Waals surface area contributed by atoms with Crippen LogP contribution in [0.15, 0.2) is 59.3 Å². The van der Waals surface area contributed by atoms with E-state index in [2.05, 4.69) is 20.5 Å². The van der Waals surface area contributed by atoms with Crippen molar-refractivity contribution in [3.05, 3.63) is 59.7 Å². The van der Waals surface area contributed by atoms with Crippen molar-refractivity contribution in [2.75, 3.05) is 12.5 Å². The van der Waals surface area contributed by atoms with Gasteiger partial charge in [0, 0.05) is 23.3 Å². The lowest BCUT2D eigenvalue weighted by Crippen LogP contribution is -1.90. The largest absolute Gasteiger partial charge is 0.497 e. The van der Waals surface area contributed by atoms with E-state index in [1.165, 1.54) is 11.3 Å². The Kier molecular flexibility index (Phi) is 4.41. The highest BCUT2D eigenvalue weighted by molar-refractivity contribution is 7.14. The first-order valence-electron chi connectivity index (χ1n) is 6.64. The number of hydrazone groups is 1. The summed E-state index contributed by atoms with van der Waals surface area (Å²) < 4.78 is 5.15. The van der Waals surface area contributed by atoms with Gasteiger partial charge in [-0.05, 0) is 42.0 Å². The van der Waals surface area contributed by atoms with Crippen molar-refractivity contribution in [2.45, 2.75) is 0 Å². The first-order valence-corrected chi connectivity index (χ1v) is 7.52. The summed E-state index contributed by atoms with van der Waals surface area (Å²) in [6.45, 7) is 0. The second-order valence-corrected chi connectivity index (χ2v) is 5.28. The monoisotopic (exact) mass is 310 g/mol. The maximum absolute atomic E-state index is 5.15. The molecule has 1 N–H and O–H groups in total. The smallest absolute Gasteiger partial charge is 0.203 e. The predicted molar refractivity (Wildman–Crippen MR) is 89.6 cm³/mol. The summed E-state index contributed by atoms with van der Waals surface area (Å²) in [5.41, 5.74) is 5.87. The normalized spacial score (nSPS) is 10.8. The summed E-state index contributed by atoms with van der Waals surface area (Å²) >= 11 is 1.51. The molecule has 0 amide bonds. The zero-order valence-electron chi connectivity index (χ0n) is 11.9. The number of methoxy groups -OCH3 is 1. The first kappa shape index (κ1) is 14.2. The lowest BCUT2D eigenvalue weighted by Gasteiger charge is -2.00. The fourth-order valence-corrected chi connectivity index (χ4v) is 2.50. The fourth-order valence-electron chi connectivity index (χ4n) is 1.83. The van der Waals surface area contributed by atoms with Gasteiger partial charge >= 0.3 is 0 Å². The molecule has 0 spiro atoms. The van der Waals surface area contributed by atoms with Gasteiger partial charge < -0.3 is 4.74 Å². The molecule has 0 bridgehead atoms. The van der Waals surface area contributed by atoms with E-state index in [1.807, 2.05) is 41.8 Å². The third kappa shape index (κ3) is 3.48. The molecule has 0 unspecified atom stereocenters. The summed E-state index contributed by atoms with van der Waals surface area (Å²) in [6.07, 6.45) is 5.19. The SMILES string of the molecule is COc1ccc(-c2csc(N/N=C\c3ccncc3)n2)cc1. The van der Waals surface area contributed by atoms with Gasteiger partial charge in [0.2, 0.25) is 5.13 Å². The number of nitrogens with one attached hydrogen (secondary N) is 1. The molecule has 6 heteroatoms. The van der Waals surface area contributed by atoms with Gasteiger partial charge in [0.25, 0.3) is 0 Å². The van der Waals surface area contributed by atoms with Gasteiger partial charge in [0.05, 0.1) is 19.0 Å². The first-order chi connectivity index (χ1) is 10.8. The molecule has 5 nitrogen and oxygen atoms in total. The van der Waals surface area contributed by atoms with E-state index in [0.717, 1.165) is 27.7 Å². The van der Waals surface area contributed by atoms with Crippen molar-refractivity contribution in [2.24, 2.45) is 5.10 Å². The zero-order chi connectivity index (χ0) is 15.2. The molecule has 0 saturated heterocycles. The number of benzene rings is 1. The Balaban J connectivity index is 1.67. The Labute approximate surface area is 132 Å². The van der Waals surface area contributed by atoms with Gasteiger partial charge in [0.1, 0.15) is 5.75 Å². The number of hydrogen-bond donors (Lipinski definition) is 1. The molecular formula is C16H14N4OS. The van der Waals surface area contributed by atoms with Crippen LogP contribution in [0.5, 0.6) is 5.75 Å². The van der Waals surface area contributed by atoms with Gasteiger partial charge in [0.15, 0.2) is 0 Å². The predicted octanol–water partition coefficient (Wildman–Crippen LogP) is 3.66. The Morgan fingerprint density at radius 3 is 2.64 bits per heavy atom. The van der Waals surface area contributed by atoms with Crippen LogP contribution in [0.2, 0.25) is 0 Å². The second-order valence-electron chi connectivity index (χ2n) is 4.42. The third-order valence-corrected chi connectivity index (χ3v) is 3.72. The summed E-state index contributed by atoms with van der Waals surface area (Å²) in [7, 11) is 1.65. The molecule has 0 saturated carbocycles. The summed E-state index contributed by atoms with van der Waals surface area (Å²) in [6, 6.07) is 11.6. The molecule has 1 aromatic carbocycles. The molecular weight excluding hydrogens is 296 g/mol. The Morgan fingerprint density at radius 1 is 1.14 bits per heavy atom. The fraction of sp³-hybridized carbons (Fsp3) is 0.0625. The number of ether oxygens (including phenoxy) is 1. The highest BCUT2D eigenvalue weighted by Crippen LogP contribution is 2.26. The van der Waals surface area contributed by atoms with E-state index in [1.54, 1.807) is 25.7 Å². The lowest BCUT2D eigenvalue weighted by atomic mass is 10.2. The van der Waals surface area contributed by atoms with Crippen LogP contribution in [0.1, 0.15) is 5.56 Å². The maximum atomic E-state index is 5.15. The maximum Gasteiger partial charge on any atom is 0.203 e. The van der Waals surface area contributed by atoms with Crippen molar-refractivity contribution in [1.29, 1.82) is 0 Å². The average molecular weight is 310 g/mol. The minimum Gasteiger partial charge on any atom is -0.497 e. The lowest BCUT2D eigenvalue weighted by molar-refractivity contribution is 0.415. The molecule has 22 heavy (non-hydrogen) atoms. The van der Waals surface area contributed by atoms with Crippen LogP contribution in [-0.4, -0.2) is 23.3 Å².